The van der Waals surface area contributed by atoms with Gasteiger partial charge in [0.1, 0.15) is 0 Å². The van der Waals surface area contributed by atoms with Crippen LogP contribution in [0.1, 0.15) is 0 Å². The van der Waals surface area contributed by atoms with Crippen molar-refractivity contribution in [2.45, 2.75) is 0 Å². The molecular formula is C6H6ClNNa2O4S. The Bertz CT molecular complexity index is 344. The molecule has 1 aromatic carbocycles. The number of nitrogens with two attached hydrogens (primary N) is 1. The van der Waals surface area contributed by atoms with Crippen LogP contribution >= 0.6 is 11.6 Å². The second-order valence-corrected chi connectivity index (χ2v) is 3.15. The number of hydrogen-bond donors (Lipinski definition) is 1. The third-order valence-electron chi connectivity index (χ3n) is 0.905. The topological polar surface area (TPSA) is 106 Å². The van der Waals surface area contributed by atoms with E-state index < -0.39 is 10.4 Å². The van der Waals surface area contributed by atoms with Crippen LogP contribution in [-0.4, -0.2) is 17.5 Å². The number of halogens is 1. The van der Waals surface area contributed by atoms with Gasteiger partial charge in [-0.3, -0.25) is 8.42 Å². The molecule has 0 saturated carbocycles. The predicted molar refractivity (Wildman–Crippen MR) is 46.3 cm³/mol. The summed E-state index contributed by atoms with van der Waals surface area (Å²) in [5.74, 6) is 0. The first-order valence-electron chi connectivity index (χ1n) is 2.97. The first-order valence-corrected chi connectivity index (χ1v) is 4.68. The van der Waals surface area contributed by atoms with Crippen LogP contribution in [0, 0.1) is 0 Å². The van der Waals surface area contributed by atoms with Crippen molar-refractivity contribution in [2.75, 3.05) is 5.73 Å². The predicted octanol–water partition coefficient (Wildman–Crippen LogP) is -5.41. The van der Waals surface area contributed by atoms with Gasteiger partial charge in [-0.25, -0.2) is 0 Å². The van der Waals surface area contributed by atoms with E-state index in [1.807, 2.05) is 12.1 Å². The van der Waals surface area contributed by atoms with Crippen molar-refractivity contribution in [3.63, 3.8) is 0 Å². The average Bonchev–Trinajstić information content (AvgIpc) is 1.92. The van der Waals surface area contributed by atoms with Crippen LogP contribution < -0.4 is 64.8 Å². The van der Waals surface area contributed by atoms with Crippen LogP contribution in [0.4, 0.5) is 5.69 Å². The van der Waals surface area contributed by atoms with E-state index in [0.717, 1.165) is 0 Å². The van der Waals surface area contributed by atoms with Gasteiger partial charge in [-0.2, -0.15) is 0 Å². The summed E-state index contributed by atoms with van der Waals surface area (Å²) in [5.41, 5.74) is 6.02. The molecule has 0 amide bonds. The van der Waals surface area contributed by atoms with Gasteiger partial charge in [0.15, 0.2) is 0 Å². The SMILES string of the molecule is Nc1ccccc1Cl.O=S(=O)([O-])[O-].[Na+].[Na+]. The number of anilines is 1. The van der Waals surface area contributed by atoms with E-state index in [2.05, 4.69) is 0 Å². The molecule has 0 fully saturated rings. The largest absolute Gasteiger partial charge is 1.00 e. The van der Waals surface area contributed by atoms with Gasteiger partial charge in [-0.05, 0) is 12.1 Å². The molecule has 74 valence electrons. The maximum absolute atomic E-state index is 8.52. The smallest absolute Gasteiger partial charge is 0.759 e. The fourth-order valence-corrected chi connectivity index (χ4v) is 0.611. The Labute approximate surface area is 138 Å². The molecule has 0 aromatic heterocycles. The van der Waals surface area contributed by atoms with Crippen molar-refractivity contribution >= 4 is 27.7 Å². The minimum Gasteiger partial charge on any atom is -0.759 e. The monoisotopic (exact) mass is 269 g/mol. The van der Waals surface area contributed by atoms with Crippen LogP contribution in [0.3, 0.4) is 0 Å². The van der Waals surface area contributed by atoms with Crippen LogP contribution in [0.2, 0.25) is 5.02 Å². The molecule has 0 radical (unpaired) electrons. The minimum absolute atomic E-state index is 0. The Morgan fingerprint density at radius 2 is 1.47 bits per heavy atom. The van der Waals surface area contributed by atoms with Gasteiger partial charge in [-0.1, -0.05) is 23.7 Å². The Morgan fingerprint density at radius 3 is 1.67 bits per heavy atom. The van der Waals surface area contributed by atoms with Crippen LogP contribution in [0.5, 0.6) is 0 Å². The van der Waals surface area contributed by atoms with Crippen LogP contribution in [0.25, 0.3) is 0 Å². The van der Waals surface area contributed by atoms with E-state index in [1.54, 1.807) is 12.1 Å². The van der Waals surface area contributed by atoms with Crippen molar-refractivity contribution in [1.82, 2.24) is 0 Å². The summed E-state index contributed by atoms with van der Waals surface area (Å²) in [7, 11) is -5.17. The molecule has 0 heterocycles. The van der Waals surface area contributed by atoms with Gasteiger partial charge in [0.2, 0.25) is 0 Å². The molecule has 0 saturated heterocycles. The Balaban J connectivity index is -0.000000185. The van der Waals surface area contributed by atoms with Gasteiger partial charge >= 0.3 is 59.1 Å². The third-order valence-corrected chi connectivity index (χ3v) is 1.25. The van der Waals surface area contributed by atoms with Gasteiger partial charge in [-0.15, -0.1) is 0 Å². The molecule has 1 rings (SSSR count). The molecule has 9 heteroatoms. The van der Waals surface area contributed by atoms with E-state index in [1.165, 1.54) is 0 Å². The van der Waals surface area contributed by atoms with E-state index >= 15 is 0 Å². The van der Waals surface area contributed by atoms with Gasteiger partial charge < -0.3 is 14.8 Å². The molecule has 2 N–H and O–H groups in total. The van der Waals surface area contributed by atoms with Crippen molar-refractivity contribution in [3.05, 3.63) is 29.3 Å². The maximum atomic E-state index is 8.52. The Kier molecular flexibility index (Phi) is 14.8. The Morgan fingerprint density at radius 1 is 1.13 bits per heavy atom. The van der Waals surface area contributed by atoms with Crippen molar-refractivity contribution < 1.29 is 76.6 Å². The summed E-state index contributed by atoms with van der Waals surface area (Å²) in [6, 6.07) is 7.22. The molecule has 0 aliphatic carbocycles. The van der Waals surface area contributed by atoms with Gasteiger partial charge in [0, 0.05) is 10.4 Å². The van der Waals surface area contributed by atoms with Crippen molar-refractivity contribution in [2.24, 2.45) is 0 Å². The Hall–Kier alpha value is 1.18. The molecule has 0 spiro atoms. The number of benzene rings is 1. The second-order valence-electron chi connectivity index (χ2n) is 1.93. The van der Waals surface area contributed by atoms with E-state index in [4.69, 9.17) is 34.9 Å². The molecule has 0 aliphatic rings. The number of para-hydroxylation sites is 1. The van der Waals surface area contributed by atoms with Gasteiger partial charge in [0.05, 0.1) is 10.7 Å². The van der Waals surface area contributed by atoms with Crippen LogP contribution in [0.15, 0.2) is 24.3 Å². The number of rotatable bonds is 0. The summed E-state index contributed by atoms with van der Waals surface area (Å²) in [6.07, 6.45) is 0. The van der Waals surface area contributed by atoms with E-state index in [-0.39, 0.29) is 59.1 Å². The molecule has 0 bridgehead atoms. The number of hydrogen-bond acceptors (Lipinski definition) is 5. The molecule has 0 aliphatic heterocycles. The summed E-state index contributed by atoms with van der Waals surface area (Å²) in [4.78, 5) is 0. The standard InChI is InChI=1S/C6H6ClN.2Na.H2O4S/c7-5-3-1-2-4-6(5)8;;;1-5(2,3)4/h1-4H,8H2;;;(H2,1,2,3,4)/q;2*+1;/p-2. The average molecular weight is 270 g/mol. The summed E-state index contributed by atoms with van der Waals surface area (Å²) < 4.78 is 34.1. The quantitative estimate of drug-likeness (QED) is 0.219. The summed E-state index contributed by atoms with van der Waals surface area (Å²) >= 11 is 5.58. The zero-order valence-corrected chi connectivity index (χ0v) is 13.9. The summed E-state index contributed by atoms with van der Waals surface area (Å²) in [5, 5.41) is 0.618. The molecular weight excluding hydrogens is 264 g/mol. The zero-order chi connectivity index (χ0) is 10.5. The summed E-state index contributed by atoms with van der Waals surface area (Å²) in [6.45, 7) is 0. The molecule has 15 heavy (non-hydrogen) atoms. The molecule has 1 aromatic rings. The normalized spacial score (nSPS) is 8.73. The van der Waals surface area contributed by atoms with Crippen LogP contribution in [-0.2, 0) is 10.4 Å². The molecule has 0 unspecified atom stereocenters. The fourth-order valence-electron chi connectivity index (χ4n) is 0.475. The minimum atomic E-state index is -5.17. The van der Waals surface area contributed by atoms with Gasteiger partial charge in [0.25, 0.3) is 0 Å². The molecule has 5 nitrogen and oxygen atoms in total. The molecule has 0 atom stereocenters. The fraction of sp³-hybridized carbons (Fsp3) is 0. The first-order chi connectivity index (χ1) is 5.80. The third kappa shape index (κ3) is 17.8. The number of nitrogen functional groups attached to an aromatic ring is 1. The van der Waals surface area contributed by atoms with E-state index in [9.17, 15) is 0 Å². The zero-order valence-electron chi connectivity index (χ0n) is 8.31. The van der Waals surface area contributed by atoms with E-state index in [0.29, 0.717) is 10.7 Å². The second kappa shape index (κ2) is 10.3. The van der Waals surface area contributed by atoms with Crippen molar-refractivity contribution in [3.8, 4) is 0 Å². The maximum Gasteiger partial charge on any atom is 1.00 e. The first kappa shape index (κ1) is 21.5. The van der Waals surface area contributed by atoms with Crippen molar-refractivity contribution in [1.29, 1.82) is 0 Å².